The zero-order valence-electron chi connectivity index (χ0n) is 10.9. The van der Waals surface area contributed by atoms with Crippen LogP contribution in [0.1, 0.15) is 18.4 Å². The molecule has 5 nitrogen and oxygen atoms in total. The number of nitrogens with one attached hydrogen (secondary N) is 1. The molecule has 0 atom stereocenters. The van der Waals surface area contributed by atoms with Crippen molar-refractivity contribution in [2.75, 3.05) is 13.1 Å². The van der Waals surface area contributed by atoms with Gasteiger partial charge in [-0.1, -0.05) is 17.7 Å². The minimum absolute atomic E-state index is 0.0666. The molecule has 1 heterocycles. The maximum Gasteiger partial charge on any atom is 0.294 e. The molecule has 1 aliphatic carbocycles. The third-order valence-electron chi connectivity index (χ3n) is 2.97. The van der Waals surface area contributed by atoms with Crippen molar-refractivity contribution in [1.82, 2.24) is 5.32 Å². The van der Waals surface area contributed by atoms with Gasteiger partial charge < -0.3 is 10.1 Å². The molecule has 1 saturated carbocycles. The average Bonchev–Trinajstić information content (AvgIpc) is 3.07. The summed E-state index contributed by atoms with van der Waals surface area (Å²) in [7, 11) is -4.02. The van der Waals surface area contributed by atoms with Crippen molar-refractivity contribution in [1.29, 1.82) is 0 Å². The molecule has 0 unspecified atom stereocenters. The molecule has 0 amide bonds. The van der Waals surface area contributed by atoms with Gasteiger partial charge >= 0.3 is 0 Å². The van der Waals surface area contributed by atoms with Crippen LogP contribution in [-0.4, -0.2) is 38.3 Å². The quantitative estimate of drug-likeness (QED) is 0.821. The molecule has 19 heavy (non-hydrogen) atoms. The number of aryl methyl sites for hydroxylation is 1. The smallest absolute Gasteiger partial charge is 0.294 e. The molecule has 1 aromatic carbocycles. The molecular weight excluding hydrogens is 266 g/mol. The molecule has 0 radical (unpaired) electrons. The van der Waals surface area contributed by atoms with Gasteiger partial charge in [-0.15, -0.1) is 0 Å². The molecule has 0 spiro atoms. The molecule has 0 aromatic heterocycles. The van der Waals surface area contributed by atoms with E-state index in [-0.39, 0.29) is 4.90 Å². The fourth-order valence-corrected chi connectivity index (χ4v) is 2.02. The molecule has 6 heteroatoms. The largest absolute Gasteiger partial charge is 0.372 e. The van der Waals surface area contributed by atoms with Gasteiger partial charge in [0.2, 0.25) is 0 Å². The Bertz CT molecular complexity index is 504. The molecule has 1 aliphatic heterocycles. The Morgan fingerprint density at radius 1 is 1.16 bits per heavy atom. The minimum atomic E-state index is -4.02. The Kier molecular flexibility index (Phi) is 4.57. The van der Waals surface area contributed by atoms with Gasteiger partial charge in [-0.05, 0) is 31.9 Å². The van der Waals surface area contributed by atoms with Crippen molar-refractivity contribution in [3.63, 3.8) is 0 Å². The minimum Gasteiger partial charge on any atom is -0.372 e. The van der Waals surface area contributed by atoms with Crippen molar-refractivity contribution in [2.45, 2.75) is 36.9 Å². The second-order valence-corrected chi connectivity index (χ2v) is 6.33. The maximum atomic E-state index is 10.5. The van der Waals surface area contributed by atoms with Gasteiger partial charge in [0.25, 0.3) is 10.1 Å². The van der Waals surface area contributed by atoms with Crippen molar-refractivity contribution >= 4 is 10.1 Å². The van der Waals surface area contributed by atoms with Crippen LogP contribution in [0.4, 0.5) is 0 Å². The number of ether oxygens (including phenoxy) is 1. The highest BCUT2D eigenvalue weighted by molar-refractivity contribution is 7.85. The predicted molar refractivity (Wildman–Crippen MR) is 71.8 cm³/mol. The van der Waals surface area contributed by atoms with Gasteiger partial charge in [0.15, 0.2) is 0 Å². The lowest BCUT2D eigenvalue weighted by molar-refractivity contribution is 0.00726. The molecule has 1 aromatic rings. The topological polar surface area (TPSA) is 75.6 Å². The van der Waals surface area contributed by atoms with Crippen molar-refractivity contribution in [3.05, 3.63) is 29.8 Å². The standard InChI is InChI=1S/C7H8O3S.C6H11NO/c1-6-2-4-7(5-3-6)11(8,9)10;1-2-5(1)8-6-3-7-4-6/h2-5H,1H3,(H,8,9,10);5-7H,1-4H2. The Balaban J connectivity index is 0.000000146. The summed E-state index contributed by atoms with van der Waals surface area (Å²) in [5, 5.41) is 3.17. The summed E-state index contributed by atoms with van der Waals surface area (Å²) in [5.74, 6) is 0. The Morgan fingerprint density at radius 3 is 2.11 bits per heavy atom. The van der Waals surface area contributed by atoms with Crippen LogP contribution < -0.4 is 5.32 Å². The van der Waals surface area contributed by atoms with Gasteiger partial charge in [0.05, 0.1) is 17.1 Å². The summed E-state index contributed by atoms with van der Waals surface area (Å²) in [6, 6.07) is 5.99. The van der Waals surface area contributed by atoms with Crippen molar-refractivity contribution in [3.8, 4) is 0 Å². The van der Waals surface area contributed by atoms with Gasteiger partial charge in [0, 0.05) is 13.1 Å². The lowest BCUT2D eigenvalue weighted by Gasteiger charge is -2.26. The van der Waals surface area contributed by atoms with E-state index in [1.54, 1.807) is 12.1 Å². The molecule has 0 bridgehead atoms. The molecule has 3 rings (SSSR count). The Hall–Kier alpha value is -0.950. The molecular formula is C13H19NO4S. The van der Waals surface area contributed by atoms with Crippen LogP contribution >= 0.6 is 0 Å². The number of rotatable bonds is 3. The monoisotopic (exact) mass is 285 g/mol. The van der Waals surface area contributed by atoms with Crippen LogP contribution in [0.25, 0.3) is 0 Å². The van der Waals surface area contributed by atoms with Crippen molar-refractivity contribution in [2.24, 2.45) is 0 Å². The fourth-order valence-electron chi connectivity index (χ4n) is 1.54. The number of hydrogen-bond donors (Lipinski definition) is 2. The predicted octanol–water partition coefficient (Wildman–Crippen LogP) is 1.38. The van der Waals surface area contributed by atoms with E-state index in [1.165, 1.54) is 25.0 Å². The van der Waals surface area contributed by atoms with E-state index in [0.717, 1.165) is 18.7 Å². The lowest BCUT2D eigenvalue weighted by atomic mass is 10.2. The highest BCUT2D eigenvalue weighted by Gasteiger charge is 2.28. The molecule has 2 aliphatic rings. The van der Waals surface area contributed by atoms with Crippen LogP contribution in [-0.2, 0) is 14.9 Å². The van der Waals surface area contributed by atoms with Crippen LogP contribution in [0.2, 0.25) is 0 Å². The molecule has 2 N–H and O–H groups in total. The fraction of sp³-hybridized carbons (Fsp3) is 0.538. The van der Waals surface area contributed by atoms with Crippen LogP contribution in [0.5, 0.6) is 0 Å². The van der Waals surface area contributed by atoms with Gasteiger partial charge in [-0.3, -0.25) is 4.55 Å². The van der Waals surface area contributed by atoms with E-state index in [1.807, 2.05) is 6.92 Å². The number of hydrogen-bond acceptors (Lipinski definition) is 4. The zero-order chi connectivity index (χ0) is 13.9. The third kappa shape index (κ3) is 4.91. The van der Waals surface area contributed by atoms with Crippen molar-refractivity contribution < 1.29 is 17.7 Å². The van der Waals surface area contributed by atoms with E-state index in [0.29, 0.717) is 12.2 Å². The highest BCUT2D eigenvalue weighted by Crippen LogP contribution is 2.25. The zero-order valence-corrected chi connectivity index (χ0v) is 11.7. The summed E-state index contributed by atoms with van der Waals surface area (Å²) < 4.78 is 35.1. The van der Waals surface area contributed by atoms with Gasteiger partial charge in [-0.2, -0.15) is 8.42 Å². The number of benzene rings is 1. The average molecular weight is 285 g/mol. The first-order valence-corrected chi connectivity index (χ1v) is 7.79. The lowest BCUT2D eigenvalue weighted by Crippen LogP contribution is -2.48. The van der Waals surface area contributed by atoms with E-state index in [4.69, 9.17) is 9.29 Å². The summed E-state index contributed by atoms with van der Waals surface area (Å²) >= 11 is 0. The summed E-state index contributed by atoms with van der Waals surface area (Å²) in [4.78, 5) is -0.0666. The van der Waals surface area contributed by atoms with E-state index in [2.05, 4.69) is 5.32 Å². The molecule has 2 fully saturated rings. The van der Waals surface area contributed by atoms with E-state index < -0.39 is 10.1 Å². The third-order valence-corrected chi connectivity index (χ3v) is 3.84. The van der Waals surface area contributed by atoms with Crippen LogP contribution in [0.15, 0.2) is 29.2 Å². The molecule has 106 valence electrons. The van der Waals surface area contributed by atoms with E-state index in [9.17, 15) is 8.42 Å². The summed E-state index contributed by atoms with van der Waals surface area (Å²) in [6.07, 6.45) is 3.80. The first kappa shape index (κ1) is 14.5. The highest BCUT2D eigenvalue weighted by atomic mass is 32.2. The SMILES string of the molecule is C1CC1OC1CNC1.Cc1ccc(S(=O)(=O)O)cc1. The first-order chi connectivity index (χ1) is 8.95. The van der Waals surface area contributed by atoms with Gasteiger partial charge in [-0.25, -0.2) is 0 Å². The summed E-state index contributed by atoms with van der Waals surface area (Å²) in [6.45, 7) is 4.00. The van der Waals surface area contributed by atoms with Crippen LogP contribution in [0, 0.1) is 6.92 Å². The Labute approximate surface area is 113 Å². The molecule has 1 saturated heterocycles. The second-order valence-electron chi connectivity index (χ2n) is 4.90. The van der Waals surface area contributed by atoms with Gasteiger partial charge in [0.1, 0.15) is 0 Å². The normalized spacial score (nSPS) is 19.3. The van der Waals surface area contributed by atoms with E-state index >= 15 is 0 Å². The second kappa shape index (κ2) is 6.00. The Morgan fingerprint density at radius 2 is 1.74 bits per heavy atom. The summed E-state index contributed by atoms with van der Waals surface area (Å²) in [5.41, 5.74) is 0.956. The first-order valence-electron chi connectivity index (χ1n) is 6.35. The maximum absolute atomic E-state index is 10.5. The van der Waals surface area contributed by atoms with Crippen LogP contribution in [0.3, 0.4) is 0 Å².